The zero-order valence-corrected chi connectivity index (χ0v) is 13.0. The topological polar surface area (TPSA) is 33.2 Å². The fourth-order valence-corrected chi connectivity index (χ4v) is 3.63. The number of amides is 1. The largest absolute Gasteiger partial charge is 0.342 e. The summed E-state index contributed by atoms with van der Waals surface area (Å²) in [5.41, 5.74) is 0.871. The lowest BCUT2D eigenvalue weighted by Gasteiger charge is -2.31. The van der Waals surface area contributed by atoms with Crippen LogP contribution in [-0.2, 0) is 17.1 Å². The van der Waals surface area contributed by atoms with Crippen LogP contribution in [0.4, 0.5) is 0 Å². The number of likely N-dealkylation sites (tertiary alicyclic amines) is 1. The van der Waals surface area contributed by atoms with Gasteiger partial charge in [0.05, 0.1) is 18.0 Å². The second kappa shape index (κ2) is 7.25. The van der Waals surface area contributed by atoms with Crippen LogP contribution in [0.2, 0.25) is 0 Å². The van der Waals surface area contributed by atoms with Gasteiger partial charge in [0, 0.05) is 18.5 Å². The summed E-state index contributed by atoms with van der Waals surface area (Å²) in [7, 11) is 0. The fraction of sp³-hybridized carbons (Fsp3) is 0.714. The number of carbonyl (C=O) groups is 1. The molecular formula is C14H21ClN2OS. The highest BCUT2D eigenvalue weighted by molar-refractivity contribution is 7.09. The molecule has 1 aromatic heterocycles. The van der Waals surface area contributed by atoms with Crippen LogP contribution in [0.3, 0.4) is 0 Å². The molecule has 19 heavy (non-hydrogen) atoms. The van der Waals surface area contributed by atoms with Crippen LogP contribution in [0.5, 0.6) is 0 Å². The lowest BCUT2D eigenvalue weighted by Crippen LogP contribution is -2.39. The molecule has 1 fully saturated rings. The number of piperidine rings is 1. The van der Waals surface area contributed by atoms with Gasteiger partial charge in [-0.2, -0.15) is 0 Å². The summed E-state index contributed by atoms with van der Waals surface area (Å²) in [6, 6.07) is 0. The van der Waals surface area contributed by atoms with E-state index in [1.165, 1.54) is 24.2 Å². The molecule has 0 saturated carbocycles. The maximum absolute atomic E-state index is 12.2. The number of hydrogen-bond acceptors (Lipinski definition) is 3. The Labute approximate surface area is 124 Å². The predicted molar refractivity (Wildman–Crippen MR) is 79.6 cm³/mol. The third-order valence-corrected chi connectivity index (χ3v) is 4.87. The van der Waals surface area contributed by atoms with Crippen LogP contribution in [-0.4, -0.2) is 28.9 Å². The fourth-order valence-electron chi connectivity index (χ4n) is 2.61. The van der Waals surface area contributed by atoms with Crippen molar-refractivity contribution in [3.63, 3.8) is 0 Å². The van der Waals surface area contributed by atoms with Gasteiger partial charge in [-0.25, -0.2) is 4.98 Å². The van der Waals surface area contributed by atoms with E-state index in [-0.39, 0.29) is 5.91 Å². The minimum Gasteiger partial charge on any atom is -0.342 e. The first-order chi connectivity index (χ1) is 9.22. The highest BCUT2D eigenvalue weighted by Gasteiger charge is 2.22. The summed E-state index contributed by atoms with van der Waals surface area (Å²) in [5.74, 6) is 1.45. The van der Waals surface area contributed by atoms with E-state index in [2.05, 4.69) is 11.9 Å². The summed E-state index contributed by atoms with van der Waals surface area (Å²) in [6.07, 6.45) is 5.29. The first-order valence-corrected chi connectivity index (χ1v) is 8.41. The molecule has 3 nitrogen and oxygen atoms in total. The van der Waals surface area contributed by atoms with Crippen LogP contribution >= 0.6 is 22.9 Å². The van der Waals surface area contributed by atoms with Crippen molar-refractivity contribution in [3.05, 3.63) is 16.1 Å². The Hall–Kier alpha value is -0.610. The minimum absolute atomic E-state index is 0.213. The maximum Gasteiger partial charge on any atom is 0.229 e. The Balaban J connectivity index is 1.81. The first kappa shape index (κ1) is 14.8. The Morgan fingerprint density at radius 3 is 2.84 bits per heavy atom. The molecule has 0 atom stereocenters. The molecule has 0 aromatic carbocycles. The summed E-state index contributed by atoms with van der Waals surface area (Å²) < 4.78 is 0. The first-order valence-electron chi connectivity index (χ1n) is 7.00. The molecule has 1 aliphatic heterocycles. The number of hydrogen-bond donors (Lipinski definition) is 0. The molecule has 0 spiro atoms. The van der Waals surface area contributed by atoms with Crippen molar-refractivity contribution in [2.24, 2.45) is 5.92 Å². The van der Waals surface area contributed by atoms with E-state index < -0.39 is 0 Å². The van der Waals surface area contributed by atoms with Gasteiger partial charge in [0.25, 0.3) is 0 Å². The average molecular weight is 301 g/mol. The van der Waals surface area contributed by atoms with Gasteiger partial charge in [-0.15, -0.1) is 22.9 Å². The van der Waals surface area contributed by atoms with Crippen molar-refractivity contribution in [1.29, 1.82) is 0 Å². The molecule has 0 N–H and O–H groups in total. The smallest absolute Gasteiger partial charge is 0.229 e. The number of halogens is 1. The van der Waals surface area contributed by atoms with Gasteiger partial charge in [-0.1, -0.05) is 19.8 Å². The van der Waals surface area contributed by atoms with Gasteiger partial charge in [0.1, 0.15) is 5.01 Å². The van der Waals surface area contributed by atoms with Crippen molar-refractivity contribution in [1.82, 2.24) is 9.88 Å². The summed E-state index contributed by atoms with van der Waals surface area (Å²) >= 11 is 7.25. The number of carbonyl (C=O) groups excluding carboxylic acids is 1. The average Bonchev–Trinajstić information content (AvgIpc) is 2.87. The van der Waals surface area contributed by atoms with E-state index in [4.69, 9.17) is 11.6 Å². The SMILES string of the molecule is CCCC1CCN(C(=O)Cc2nc(CCl)cs2)CC1. The molecule has 0 unspecified atom stereocenters. The van der Waals surface area contributed by atoms with Crippen LogP contribution in [0.15, 0.2) is 5.38 Å². The molecule has 1 saturated heterocycles. The second-order valence-electron chi connectivity index (χ2n) is 5.16. The third-order valence-electron chi connectivity index (χ3n) is 3.70. The van der Waals surface area contributed by atoms with Crippen molar-refractivity contribution < 1.29 is 4.79 Å². The van der Waals surface area contributed by atoms with Crippen LogP contribution in [0.1, 0.15) is 43.3 Å². The highest BCUT2D eigenvalue weighted by atomic mass is 35.5. The number of thiazole rings is 1. The summed E-state index contributed by atoms with van der Waals surface area (Å²) in [6.45, 7) is 4.06. The molecule has 5 heteroatoms. The lowest BCUT2D eigenvalue weighted by molar-refractivity contribution is -0.131. The van der Waals surface area contributed by atoms with Crippen LogP contribution < -0.4 is 0 Å². The van der Waals surface area contributed by atoms with Gasteiger partial charge >= 0.3 is 0 Å². The lowest BCUT2D eigenvalue weighted by atomic mass is 9.92. The molecule has 1 aromatic rings. The van der Waals surface area contributed by atoms with Crippen molar-refractivity contribution in [2.45, 2.75) is 44.9 Å². The maximum atomic E-state index is 12.2. The summed E-state index contributed by atoms with van der Waals surface area (Å²) in [4.78, 5) is 18.5. The quantitative estimate of drug-likeness (QED) is 0.780. The molecular weight excluding hydrogens is 280 g/mol. The van der Waals surface area contributed by atoms with Crippen molar-refractivity contribution in [2.75, 3.05) is 13.1 Å². The predicted octanol–water partition coefficient (Wildman–Crippen LogP) is 3.46. The molecule has 0 bridgehead atoms. The Kier molecular flexibility index (Phi) is 5.64. The number of rotatable bonds is 5. The molecule has 0 radical (unpaired) electrons. The van der Waals surface area contributed by atoms with Gasteiger partial charge in [0.2, 0.25) is 5.91 Å². The van der Waals surface area contributed by atoms with Crippen LogP contribution in [0, 0.1) is 5.92 Å². The van der Waals surface area contributed by atoms with Crippen molar-refractivity contribution >= 4 is 28.8 Å². The molecule has 0 aliphatic carbocycles. The molecule has 1 amide bonds. The number of alkyl halides is 1. The van der Waals surface area contributed by atoms with Gasteiger partial charge < -0.3 is 4.90 Å². The van der Waals surface area contributed by atoms with Crippen molar-refractivity contribution in [3.8, 4) is 0 Å². The van der Waals surface area contributed by atoms with Gasteiger partial charge in [0.15, 0.2) is 0 Å². The second-order valence-corrected chi connectivity index (χ2v) is 6.37. The zero-order valence-electron chi connectivity index (χ0n) is 11.4. The molecule has 2 heterocycles. The Morgan fingerprint density at radius 1 is 1.53 bits per heavy atom. The molecule has 1 aliphatic rings. The van der Waals surface area contributed by atoms with E-state index in [0.717, 1.165) is 42.6 Å². The van der Waals surface area contributed by atoms with Crippen LogP contribution in [0.25, 0.3) is 0 Å². The Morgan fingerprint density at radius 2 is 2.26 bits per heavy atom. The van der Waals surface area contributed by atoms with Gasteiger partial charge in [-0.05, 0) is 18.8 Å². The van der Waals surface area contributed by atoms with E-state index in [9.17, 15) is 4.79 Å². The molecule has 2 rings (SSSR count). The summed E-state index contributed by atoms with van der Waals surface area (Å²) in [5, 5.41) is 2.82. The normalized spacial score (nSPS) is 16.8. The third kappa shape index (κ3) is 4.18. The van der Waals surface area contributed by atoms with E-state index in [1.54, 1.807) is 0 Å². The monoisotopic (exact) mass is 300 g/mol. The van der Waals surface area contributed by atoms with E-state index in [1.807, 2.05) is 10.3 Å². The number of aromatic nitrogens is 1. The molecule has 106 valence electrons. The Bertz CT molecular complexity index is 413. The standard InChI is InChI=1S/C14H21ClN2OS/c1-2-3-11-4-6-17(7-5-11)14(18)8-13-16-12(9-15)10-19-13/h10-11H,2-9H2,1H3. The van der Waals surface area contributed by atoms with Gasteiger partial charge in [-0.3, -0.25) is 4.79 Å². The highest BCUT2D eigenvalue weighted by Crippen LogP contribution is 2.22. The van der Waals surface area contributed by atoms with E-state index in [0.29, 0.717) is 12.3 Å². The minimum atomic E-state index is 0.213. The number of nitrogens with zero attached hydrogens (tertiary/aromatic N) is 2. The zero-order chi connectivity index (χ0) is 13.7. The van der Waals surface area contributed by atoms with E-state index >= 15 is 0 Å².